The number of allylic oxidation sites excluding steroid dienone is 1. The Hall–Kier alpha value is -1.83. The average molecular weight is 183 g/mol. The molecule has 0 fully saturated rings. The van der Waals surface area contributed by atoms with Gasteiger partial charge >= 0.3 is 0 Å². The first kappa shape index (κ1) is 7.56. The highest BCUT2D eigenvalue weighted by atomic mass is 16.1. The Morgan fingerprint density at radius 1 is 1.29 bits per heavy atom. The number of benzene rings is 1. The molecule has 1 heterocycles. The molecular weight excluding hydrogens is 174 g/mol. The third kappa shape index (κ3) is 0.777. The van der Waals surface area contributed by atoms with Crippen molar-refractivity contribution >= 4 is 16.5 Å². The minimum absolute atomic E-state index is 0.00468. The van der Waals surface area contributed by atoms with E-state index in [0.717, 1.165) is 34.0 Å². The summed E-state index contributed by atoms with van der Waals surface area (Å²) >= 11 is 0. The summed E-state index contributed by atoms with van der Waals surface area (Å²) < 4.78 is 0. The van der Waals surface area contributed by atoms with Gasteiger partial charge in [0.2, 0.25) is 0 Å². The Balaban J connectivity index is 2.55. The second kappa shape index (κ2) is 2.35. The fourth-order valence-electron chi connectivity index (χ4n) is 2.06. The molecule has 2 heteroatoms. The molecule has 0 saturated carbocycles. The van der Waals surface area contributed by atoms with Crippen LogP contribution in [0.3, 0.4) is 0 Å². The Morgan fingerprint density at radius 3 is 2.86 bits per heavy atom. The first-order chi connectivity index (χ1) is 6.77. The molecule has 2 aromatic rings. The highest BCUT2D eigenvalue weighted by molar-refractivity contribution is 5.93. The predicted molar refractivity (Wildman–Crippen MR) is 57.3 cm³/mol. The molecule has 1 aromatic heterocycles. The van der Waals surface area contributed by atoms with Crippen LogP contribution in [0, 0.1) is 0 Å². The van der Waals surface area contributed by atoms with Gasteiger partial charge in [-0.3, -0.25) is 4.79 Å². The highest BCUT2D eigenvalue weighted by Crippen LogP contribution is 2.34. The van der Waals surface area contributed by atoms with Crippen molar-refractivity contribution in [3.63, 3.8) is 0 Å². The topological polar surface area (TPSA) is 32.9 Å². The molecule has 3 rings (SSSR count). The van der Waals surface area contributed by atoms with Crippen LogP contribution in [0.25, 0.3) is 16.5 Å². The summed E-state index contributed by atoms with van der Waals surface area (Å²) in [5, 5.41) is 1.15. The first-order valence-corrected chi connectivity index (χ1v) is 4.59. The lowest BCUT2D eigenvalue weighted by Gasteiger charge is -2.22. The van der Waals surface area contributed by atoms with Gasteiger partial charge in [0.1, 0.15) is 0 Å². The molecule has 1 N–H and O–H groups in total. The van der Waals surface area contributed by atoms with Gasteiger partial charge in [0.15, 0.2) is 0 Å². The number of fused-ring (bicyclic) bond motifs is 3. The Morgan fingerprint density at radius 2 is 2.07 bits per heavy atom. The number of pyridine rings is 1. The van der Waals surface area contributed by atoms with Crippen molar-refractivity contribution in [2.75, 3.05) is 0 Å². The van der Waals surface area contributed by atoms with E-state index in [1.807, 2.05) is 24.3 Å². The van der Waals surface area contributed by atoms with Crippen LogP contribution >= 0.6 is 0 Å². The fraction of sp³-hybridized carbons (Fsp3) is 0.0833. The summed E-state index contributed by atoms with van der Waals surface area (Å²) in [4.78, 5) is 14.5. The van der Waals surface area contributed by atoms with Gasteiger partial charge in [-0.05, 0) is 23.6 Å². The van der Waals surface area contributed by atoms with Crippen LogP contribution in [0.1, 0.15) is 11.1 Å². The van der Waals surface area contributed by atoms with Gasteiger partial charge < -0.3 is 4.98 Å². The number of H-pyrrole nitrogens is 1. The van der Waals surface area contributed by atoms with Gasteiger partial charge in [0, 0.05) is 16.5 Å². The van der Waals surface area contributed by atoms with Gasteiger partial charge in [-0.15, -0.1) is 0 Å². The minimum Gasteiger partial charge on any atom is -0.321 e. The monoisotopic (exact) mass is 183 g/mol. The molecule has 0 atom stereocenters. The maximum Gasteiger partial charge on any atom is 0.256 e. The number of para-hydroxylation sites is 1. The normalized spacial score (nSPS) is 13.9. The number of rotatable bonds is 0. The van der Waals surface area contributed by atoms with Crippen molar-refractivity contribution in [2.45, 2.75) is 6.42 Å². The largest absolute Gasteiger partial charge is 0.321 e. The standard InChI is InChI=1S/C12H9NO/c1-7-6-9-8-4-2-3-5-10(8)13-12(14)11(7)9/h2-5H,1,6H2,(H,13,14). The van der Waals surface area contributed by atoms with E-state index in [-0.39, 0.29) is 5.56 Å². The van der Waals surface area contributed by atoms with Crippen molar-refractivity contribution in [2.24, 2.45) is 0 Å². The lowest BCUT2D eigenvalue weighted by Crippen LogP contribution is -2.22. The SMILES string of the molecule is C=C1Cc2c1c(=O)[nH]c1ccccc21. The van der Waals surface area contributed by atoms with E-state index >= 15 is 0 Å². The molecule has 14 heavy (non-hydrogen) atoms. The van der Waals surface area contributed by atoms with E-state index in [9.17, 15) is 4.79 Å². The van der Waals surface area contributed by atoms with E-state index in [0.29, 0.717) is 0 Å². The molecule has 0 aliphatic heterocycles. The molecule has 2 nitrogen and oxygen atoms in total. The number of hydrogen-bond acceptors (Lipinski definition) is 1. The smallest absolute Gasteiger partial charge is 0.256 e. The van der Waals surface area contributed by atoms with Gasteiger partial charge in [-0.1, -0.05) is 24.8 Å². The maximum absolute atomic E-state index is 11.6. The van der Waals surface area contributed by atoms with Crippen LogP contribution in [-0.2, 0) is 6.42 Å². The Kier molecular flexibility index (Phi) is 1.27. The predicted octanol–water partition coefficient (Wildman–Crippen LogP) is 2.10. The molecule has 0 spiro atoms. The van der Waals surface area contributed by atoms with Crippen LogP contribution in [0.15, 0.2) is 35.6 Å². The summed E-state index contributed by atoms with van der Waals surface area (Å²) in [6.07, 6.45) is 0.847. The zero-order valence-electron chi connectivity index (χ0n) is 7.63. The second-order valence-electron chi connectivity index (χ2n) is 3.63. The zero-order chi connectivity index (χ0) is 9.71. The van der Waals surface area contributed by atoms with Crippen molar-refractivity contribution in [3.05, 3.63) is 52.3 Å². The van der Waals surface area contributed by atoms with Gasteiger partial charge in [0.05, 0.1) is 0 Å². The Bertz CT molecular complexity index is 607. The number of aromatic amines is 1. The molecule has 0 bridgehead atoms. The van der Waals surface area contributed by atoms with Crippen LogP contribution in [0.2, 0.25) is 0 Å². The second-order valence-corrected chi connectivity index (χ2v) is 3.63. The minimum atomic E-state index is -0.00468. The first-order valence-electron chi connectivity index (χ1n) is 4.59. The number of hydrogen-bond donors (Lipinski definition) is 1. The van der Waals surface area contributed by atoms with Gasteiger partial charge in [-0.2, -0.15) is 0 Å². The Labute approximate surface area is 80.9 Å². The van der Waals surface area contributed by atoms with Crippen LogP contribution in [-0.4, -0.2) is 4.98 Å². The van der Waals surface area contributed by atoms with Crippen LogP contribution in [0.4, 0.5) is 0 Å². The van der Waals surface area contributed by atoms with E-state index in [1.54, 1.807) is 0 Å². The van der Waals surface area contributed by atoms with Gasteiger partial charge in [-0.25, -0.2) is 0 Å². The van der Waals surface area contributed by atoms with Crippen molar-refractivity contribution in [1.82, 2.24) is 4.98 Å². The zero-order valence-corrected chi connectivity index (χ0v) is 7.63. The van der Waals surface area contributed by atoms with E-state index in [2.05, 4.69) is 11.6 Å². The number of aromatic nitrogens is 1. The lowest BCUT2D eigenvalue weighted by atomic mass is 9.83. The van der Waals surface area contributed by atoms with Crippen LogP contribution < -0.4 is 5.56 Å². The molecule has 1 aliphatic carbocycles. The maximum atomic E-state index is 11.6. The molecule has 1 aliphatic rings. The molecule has 68 valence electrons. The number of nitrogens with one attached hydrogen (secondary N) is 1. The van der Waals surface area contributed by atoms with Crippen LogP contribution in [0.5, 0.6) is 0 Å². The molecule has 0 amide bonds. The average Bonchev–Trinajstić information content (AvgIpc) is 2.14. The molecule has 0 radical (unpaired) electrons. The third-order valence-electron chi connectivity index (χ3n) is 2.77. The fourth-order valence-corrected chi connectivity index (χ4v) is 2.06. The van der Waals surface area contributed by atoms with Gasteiger partial charge in [0.25, 0.3) is 5.56 Å². The molecule has 0 unspecified atom stereocenters. The molecular formula is C12H9NO. The third-order valence-corrected chi connectivity index (χ3v) is 2.77. The summed E-state index contributed by atoms with van der Waals surface area (Å²) in [6, 6.07) is 7.88. The van der Waals surface area contributed by atoms with Crippen molar-refractivity contribution in [3.8, 4) is 0 Å². The summed E-state index contributed by atoms with van der Waals surface area (Å²) in [7, 11) is 0. The van der Waals surface area contributed by atoms with E-state index in [1.165, 1.54) is 0 Å². The summed E-state index contributed by atoms with van der Waals surface area (Å²) in [5.74, 6) is 0. The highest BCUT2D eigenvalue weighted by Gasteiger charge is 2.23. The van der Waals surface area contributed by atoms with E-state index < -0.39 is 0 Å². The van der Waals surface area contributed by atoms with E-state index in [4.69, 9.17) is 0 Å². The lowest BCUT2D eigenvalue weighted by molar-refractivity contribution is 1.12. The summed E-state index contributed by atoms with van der Waals surface area (Å²) in [6.45, 7) is 3.85. The quantitative estimate of drug-likeness (QED) is 0.666. The summed E-state index contributed by atoms with van der Waals surface area (Å²) in [5.41, 5.74) is 3.81. The van der Waals surface area contributed by atoms with Crippen molar-refractivity contribution in [1.29, 1.82) is 0 Å². The molecule has 0 saturated heterocycles. The molecule has 1 aromatic carbocycles. The van der Waals surface area contributed by atoms with Crippen molar-refractivity contribution < 1.29 is 0 Å².